The van der Waals surface area contributed by atoms with Gasteiger partial charge in [0.15, 0.2) is 0 Å². The van der Waals surface area contributed by atoms with Gasteiger partial charge in [-0.1, -0.05) is 13.3 Å². The second kappa shape index (κ2) is 4.19. The number of hydrogen-bond donors (Lipinski definition) is 1. The van der Waals surface area contributed by atoms with Crippen LogP contribution in [0, 0.1) is 11.8 Å². The lowest BCUT2D eigenvalue weighted by Crippen LogP contribution is -2.46. The van der Waals surface area contributed by atoms with E-state index in [2.05, 4.69) is 18.9 Å². The third-order valence-corrected chi connectivity index (χ3v) is 4.27. The quantitative estimate of drug-likeness (QED) is 0.743. The van der Waals surface area contributed by atoms with Crippen molar-refractivity contribution in [2.45, 2.75) is 51.1 Å². The fourth-order valence-electron chi connectivity index (χ4n) is 3.15. The molecule has 3 atom stereocenters. The molecule has 0 amide bonds. The number of hydrogen-bond acceptors (Lipinski definition) is 2. The van der Waals surface area contributed by atoms with Crippen molar-refractivity contribution >= 4 is 0 Å². The molecule has 2 aliphatic rings. The molecular formula is C12H24N2. The molecule has 14 heavy (non-hydrogen) atoms. The summed E-state index contributed by atoms with van der Waals surface area (Å²) in [5.41, 5.74) is 5.89. The van der Waals surface area contributed by atoms with E-state index in [1.165, 1.54) is 32.1 Å². The van der Waals surface area contributed by atoms with Crippen molar-refractivity contribution in [3.8, 4) is 0 Å². The van der Waals surface area contributed by atoms with Gasteiger partial charge in [0.2, 0.25) is 0 Å². The van der Waals surface area contributed by atoms with Crippen LogP contribution in [0.5, 0.6) is 0 Å². The summed E-state index contributed by atoms with van der Waals surface area (Å²) >= 11 is 0. The Kier molecular flexibility index (Phi) is 3.13. The Morgan fingerprint density at radius 3 is 2.43 bits per heavy atom. The van der Waals surface area contributed by atoms with E-state index < -0.39 is 0 Å². The molecule has 0 aliphatic heterocycles. The van der Waals surface area contributed by atoms with Crippen molar-refractivity contribution in [3.63, 3.8) is 0 Å². The Bertz CT molecular complexity index is 187. The highest BCUT2D eigenvalue weighted by Gasteiger charge is 2.37. The highest BCUT2D eigenvalue weighted by molar-refractivity contribution is 4.92. The lowest BCUT2D eigenvalue weighted by Gasteiger charge is -2.35. The first kappa shape index (κ1) is 10.4. The van der Waals surface area contributed by atoms with E-state index >= 15 is 0 Å². The fourth-order valence-corrected chi connectivity index (χ4v) is 3.15. The largest absolute Gasteiger partial charge is 0.329 e. The van der Waals surface area contributed by atoms with Crippen molar-refractivity contribution in [2.75, 3.05) is 13.6 Å². The second-order valence-corrected chi connectivity index (χ2v) is 5.28. The Labute approximate surface area is 87.8 Å². The smallest absolute Gasteiger partial charge is 0.0246 e. The number of nitrogens with two attached hydrogens (primary N) is 1. The van der Waals surface area contributed by atoms with Crippen LogP contribution in [-0.2, 0) is 0 Å². The molecule has 2 rings (SSSR count). The van der Waals surface area contributed by atoms with Crippen LogP contribution in [0.4, 0.5) is 0 Å². The van der Waals surface area contributed by atoms with Gasteiger partial charge >= 0.3 is 0 Å². The van der Waals surface area contributed by atoms with Gasteiger partial charge in [-0.05, 0) is 44.6 Å². The molecule has 2 heteroatoms. The third kappa shape index (κ3) is 1.96. The predicted molar refractivity (Wildman–Crippen MR) is 60.1 cm³/mol. The molecule has 0 spiro atoms. The van der Waals surface area contributed by atoms with E-state index in [1.807, 2.05) is 0 Å². The lowest BCUT2D eigenvalue weighted by molar-refractivity contribution is 0.135. The zero-order valence-corrected chi connectivity index (χ0v) is 9.58. The predicted octanol–water partition coefficient (Wildman–Crippen LogP) is 1.84. The van der Waals surface area contributed by atoms with Gasteiger partial charge in [0.25, 0.3) is 0 Å². The monoisotopic (exact) mass is 196 g/mol. The summed E-state index contributed by atoms with van der Waals surface area (Å²) in [6, 6.07) is 1.48. The van der Waals surface area contributed by atoms with Crippen molar-refractivity contribution in [3.05, 3.63) is 0 Å². The first-order valence-corrected chi connectivity index (χ1v) is 6.16. The minimum absolute atomic E-state index is 0.667. The van der Waals surface area contributed by atoms with E-state index in [0.717, 1.165) is 24.4 Å². The van der Waals surface area contributed by atoms with Gasteiger partial charge in [-0.25, -0.2) is 0 Å². The van der Waals surface area contributed by atoms with Crippen molar-refractivity contribution in [1.82, 2.24) is 4.90 Å². The molecule has 3 unspecified atom stereocenters. The molecular weight excluding hydrogens is 172 g/mol. The summed E-state index contributed by atoms with van der Waals surface area (Å²) in [6.45, 7) is 3.25. The standard InChI is InChI=1S/C12H24N2/c1-9-4-3-5-11(9)14(2)12(8-13)10-6-7-10/h9-12H,3-8,13H2,1-2H3. The molecule has 0 heterocycles. The summed E-state index contributed by atoms with van der Waals surface area (Å²) in [5.74, 6) is 1.80. The minimum Gasteiger partial charge on any atom is -0.329 e. The first-order valence-electron chi connectivity index (χ1n) is 6.16. The van der Waals surface area contributed by atoms with E-state index in [9.17, 15) is 0 Å². The maximum atomic E-state index is 5.89. The van der Waals surface area contributed by atoms with Crippen LogP contribution in [0.3, 0.4) is 0 Å². The highest BCUT2D eigenvalue weighted by Crippen LogP contribution is 2.38. The average Bonchev–Trinajstić information content (AvgIpc) is 2.90. The van der Waals surface area contributed by atoms with Crippen LogP contribution in [0.2, 0.25) is 0 Å². The number of nitrogens with zero attached hydrogens (tertiary/aromatic N) is 1. The molecule has 2 saturated carbocycles. The number of rotatable bonds is 4. The van der Waals surface area contributed by atoms with Crippen LogP contribution >= 0.6 is 0 Å². The zero-order chi connectivity index (χ0) is 10.1. The van der Waals surface area contributed by atoms with Gasteiger partial charge < -0.3 is 5.73 Å². The van der Waals surface area contributed by atoms with E-state index in [-0.39, 0.29) is 0 Å². The third-order valence-electron chi connectivity index (χ3n) is 4.27. The van der Waals surface area contributed by atoms with Gasteiger partial charge in [0.05, 0.1) is 0 Å². The second-order valence-electron chi connectivity index (χ2n) is 5.28. The van der Waals surface area contributed by atoms with E-state index in [4.69, 9.17) is 5.73 Å². The Morgan fingerprint density at radius 1 is 1.29 bits per heavy atom. The summed E-state index contributed by atoms with van der Waals surface area (Å²) in [7, 11) is 2.29. The molecule has 0 saturated heterocycles. The van der Waals surface area contributed by atoms with Crippen molar-refractivity contribution in [1.29, 1.82) is 0 Å². The van der Waals surface area contributed by atoms with Crippen LogP contribution in [0.15, 0.2) is 0 Å². The zero-order valence-electron chi connectivity index (χ0n) is 9.58. The normalized spacial score (nSPS) is 35.1. The van der Waals surface area contributed by atoms with Crippen molar-refractivity contribution < 1.29 is 0 Å². The van der Waals surface area contributed by atoms with Crippen LogP contribution < -0.4 is 5.73 Å². The summed E-state index contributed by atoms with van der Waals surface area (Å²) in [4.78, 5) is 2.59. The van der Waals surface area contributed by atoms with Crippen molar-refractivity contribution in [2.24, 2.45) is 17.6 Å². The molecule has 2 aliphatic carbocycles. The van der Waals surface area contributed by atoms with Crippen LogP contribution in [0.25, 0.3) is 0 Å². The van der Waals surface area contributed by atoms with Gasteiger partial charge in [-0.3, -0.25) is 4.90 Å². The lowest BCUT2D eigenvalue weighted by atomic mass is 10.0. The molecule has 2 N–H and O–H groups in total. The topological polar surface area (TPSA) is 29.3 Å². The molecule has 2 nitrogen and oxygen atoms in total. The highest BCUT2D eigenvalue weighted by atomic mass is 15.2. The molecule has 0 aromatic carbocycles. The minimum atomic E-state index is 0.667. The maximum absolute atomic E-state index is 5.89. The Balaban J connectivity index is 1.94. The van der Waals surface area contributed by atoms with Crippen LogP contribution in [0.1, 0.15) is 39.0 Å². The SMILES string of the molecule is CC1CCCC1N(C)C(CN)C1CC1. The average molecular weight is 196 g/mol. The molecule has 0 aromatic heterocycles. The van der Waals surface area contributed by atoms with Crippen LogP contribution in [-0.4, -0.2) is 30.6 Å². The molecule has 0 bridgehead atoms. The van der Waals surface area contributed by atoms with Gasteiger partial charge in [0.1, 0.15) is 0 Å². The maximum Gasteiger partial charge on any atom is 0.0246 e. The van der Waals surface area contributed by atoms with Gasteiger partial charge in [0, 0.05) is 18.6 Å². The fraction of sp³-hybridized carbons (Fsp3) is 1.00. The molecule has 2 fully saturated rings. The van der Waals surface area contributed by atoms with Gasteiger partial charge in [-0.2, -0.15) is 0 Å². The van der Waals surface area contributed by atoms with Gasteiger partial charge in [-0.15, -0.1) is 0 Å². The Morgan fingerprint density at radius 2 is 2.00 bits per heavy atom. The van der Waals surface area contributed by atoms with E-state index in [1.54, 1.807) is 0 Å². The first-order chi connectivity index (χ1) is 6.74. The number of likely N-dealkylation sites (N-methyl/N-ethyl adjacent to an activating group) is 1. The summed E-state index contributed by atoms with van der Waals surface area (Å²) in [6.07, 6.45) is 7.04. The summed E-state index contributed by atoms with van der Waals surface area (Å²) < 4.78 is 0. The molecule has 0 radical (unpaired) electrons. The Hall–Kier alpha value is -0.0800. The molecule has 0 aromatic rings. The van der Waals surface area contributed by atoms with E-state index in [0.29, 0.717) is 6.04 Å². The molecule has 82 valence electrons. The summed E-state index contributed by atoms with van der Waals surface area (Å²) in [5, 5.41) is 0.